The van der Waals surface area contributed by atoms with Gasteiger partial charge in [0, 0.05) is 25.9 Å². The van der Waals surface area contributed by atoms with Crippen LogP contribution in [0.3, 0.4) is 0 Å². The largest absolute Gasteiger partial charge is 0.496 e. The van der Waals surface area contributed by atoms with E-state index >= 15 is 0 Å². The molecule has 1 aromatic carbocycles. The molecule has 1 aliphatic rings. The Kier molecular flexibility index (Phi) is 4.37. The van der Waals surface area contributed by atoms with E-state index in [4.69, 9.17) is 9.15 Å². The molecule has 1 aliphatic heterocycles. The monoisotopic (exact) mass is 301 g/mol. The van der Waals surface area contributed by atoms with Crippen LogP contribution in [-0.2, 0) is 11.2 Å². The normalized spacial score (nSPS) is 14.3. The van der Waals surface area contributed by atoms with Crippen molar-refractivity contribution in [1.29, 1.82) is 0 Å². The number of benzene rings is 1. The third kappa shape index (κ3) is 3.10. The highest BCUT2D eigenvalue weighted by Gasteiger charge is 2.19. The summed E-state index contributed by atoms with van der Waals surface area (Å²) >= 11 is 0. The molecule has 0 saturated carbocycles. The lowest BCUT2D eigenvalue weighted by molar-refractivity contribution is -0.130. The van der Waals surface area contributed by atoms with Crippen LogP contribution in [0.15, 0.2) is 28.7 Å². The molecule has 0 spiro atoms. The predicted octanol–water partition coefficient (Wildman–Crippen LogP) is 2.30. The van der Waals surface area contributed by atoms with E-state index in [0.717, 1.165) is 31.5 Å². The number of carbonyl (C=O) groups excluding carboxylic acids is 1. The summed E-state index contributed by atoms with van der Waals surface area (Å²) in [6.45, 7) is 1.74. The van der Waals surface area contributed by atoms with E-state index in [2.05, 4.69) is 10.2 Å². The first-order chi connectivity index (χ1) is 10.8. The summed E-state index contributed by atoms with van der Waals surface area (Å²) in [5.41, 5.74) is 0.759. The van der Waals surface area contributed by atoms with Gasteiger partial charge in [0.15, 0.2) is 0 Å². The highest BCUT2D eigenvalue weighted by atomic mass is 16.5. The summed E-state index contributed by atoms with van der Waals surface area (Å²) in [5, 5.41) is 8.07. The maximum Gasteiger partial charge on any atom is 0.251 e. The van der Waals surface area contributed by atoms with Gasteiger partial charge < -0.3 is 14.1 Å². The molecule has 0 atom stereocenters. The van der Waals surface area contributed by atoms with Gasteiger partial charge in [-0.2, -0.15) is 0 Å². The lowest BCUT2D eigenvalue weighted by Crippen LogP contribution is -2.27. The second-order valence-electron chi connectivity index (χ2n) is 5.29. The Morgan fingerprint density at radius 1 is 1.27 bits per heavy atom. The molecule has 0 aliphatic carbocycles. The summed E-state index contributed by atoms with van der Waals surface area (Å²) in [5.74, 6) is 1.75. The molecular formula is C16H19N3O3. The minimum Gasteiger partial charge on any atom is -0.496 e. The summed E-state index contributed by atoms with van der Waals surface area (Å²) in [7, 11) is 1.60. The topological polar surface area (TPSA) is 68.5 Å². The molecule has 0 bridgehead atoms. The van der Waals surface area contributed by atoms with Crippen molar-refractivity contribution in [3.63, 3.8) is 0 Å². The van der Waals surface area contributed by atoms with E-state index in [9.17, 15) is 4.79 Å². The second-order valence-corrected chi connectivity index (χ2v) is 5.29. The van der Waals surface area contributed by atoms with Crippen molar-refractivity contribution in [2.24, 2.45) is 0 Å². The number of rotatable bonds is 5. The number of amides is 1. The Morgan fingerprint density at radius 3 is 2.82 bits per heavy atom. The molecule has 22 heavy (non-hydrogen) atoms. The number of hydrogen-bond donors (Lipinski definition) is 0. The molecule has 6 heteroatoms. The lowest BCUT2D eigenvalue weighted by atomic mass is 10.2. The Morgan fingerprint density at radius 2 is 2.05 bits per heavy atom. The minimum absolute atomic E-state index is 0.162. The Labute approximate surface area is 129 Å². The van der Waals surface area contributed by atoms with Crippen LogP contribution >= 0.6 is 0 Å². The average molecular weight is 301 g/mol. The van der Waals surface area contributed by atoms with Gasteiger partial charge in [-0.15, -0.1) is 10.2 Å². The quantitative estimate of drug-likeness (QED) is 0.847. The fraction of sp³-hybridized carbons (Fsp3) is 0.438. The number of aromatic nitrogens is 2. The number of ether oxygens (including phenoxy) is 1. The standard InChI is InChI=1S/C16H19N3O3/c1-21-13-7-3-2-6-12(13)16-18-17-14(22-16)8-9-15(20)19-10-4-5-11-19/h2-3,6-7H,4-5,8-11H2,1H3. The molecule has 2 aromatic rings. The van der Waals surface area contributed by atoms with Gasteiger partial charge in [-0.1, -0.05) is 12.1 Å². The van der Waals surface area contributed by atoms with Crippen molar-refractivity contribution in [2.75, 3.05) is 20.2 Å². The molecule has 2 heterocycles. The molecule has 1 saturated heterocycles. The zero-order valence-corrected chi connectivity index (χ0v) is 12.6. The average Bonchev–Trinajstić information content (AvgIpc) is 3.24. The first-order valence-electron chi connectivity index (χ1n) is 7.51. The van der Waals surface area contributed by atoms with Crippen LogP contribution in [0.2, 0.25) is 0 Å². The zero-order valence-electron chi connectivity index (χ0n) is 12.6. The SMILES string of the molecule is COc1ccccc1-c1nnc(CCC(=O)N2CCCC2)o1. The van der Waals surface area contributed by atoms with Crippen LogP contribution in [-0.4, -0.2) is 41.2 Å². The first-order valence-corrected chi connectivity index (χ1v) is 7.51. The van der Waals surface area contributed by atoms with Gasteiger partial charge in [0.05, 0.1) is 12.7 Å². The summed E-state index contributed by atoms with van der Waals surface area (Å²) in [4.78, 5) is 13.9. The smallest absolute Gasteiger partial charge is 0.251 e. The third-order valence-corrected chi connectivity index (χ3v) is 3.82. The Balaban J connectivity index is 1.65. The molecule has 1 aromatic heterocycles. The number of aryl methyl sites for hydroxylation is 1. The molecule has 1 fully saturated rings. The number of para-hydroxylation sites is 1. The van der Waals surface area contributed by atoms with E-state index in [0.29, 0.717) is 30.4 Å². The Hall–Kier alpha value is -2.37. The van der Waals surface area contributed by atoms with Gasteiger partial charge in [0.2, 0.25) is 11.8 Å². The van der Waals surface area contributed by atoms with Crippen molar-refractivity contribution >= 4 is 5.91 Å². The number of likely N-dealkylation sites (tertiary alicyclic amines) is 1. The first kappa shape index (κ1) is 14.6. The van der Waals surface area contributed by atoms with Crippen LogP contribution in [0.5, 0.6) is 5.75 Å². The van der Waals surface area contributed by atoms with Crippen LogP contribution in [0.4, 0.5) is 0 Å². The number of hydrogen-bond acceptors (Lipinski definition) is 5. The van der Waals surface area contributed by atoms with E-state index in [1.807, 2.05) is 29.2 Å². The molecular weight excluding hydrogens is 282 g/mol. The van der Waals surface area contributed by atoms with E-state index in [1.54, 1.807) is 7.11 Å². The van der Waals surface area contributed by atoms with E-state index in [-0.39, 0.29) is 5.91 Å². The van der Waals surface area contributed by atoms with E-state index in [1.165, 1.54) is 0 Å². The van der Waals surface area contributed by atoms with Crippen LogP contribution in [0.1, 0.15) is 25.2 Å². The van der Waals surface area contributed by atoms with Crippen molar-refractivity contribution < 1.29 is 13.9 Å². The van der Waals surface area contributed by atoms with Crippen molar-refractivity contribution in [3.05, 3.63) is 30.2 Å². The molecule has 1 amide bonds. The summed E-state index contributed by atoms with van der Waals surface area (Å²) in [6.07, 6.45) is 3.08. The number of nitrogens with zero attached hydrogens (tertiary/aromatic N) is 3. The van der Waals surface area contributed by atoms with Gasteiger partial charge in [-0.25, -0.2) is 0 Å². The van der Waals surface area contributed by atoms with Crippen LogP contribution in [0, 0.1) is 0 Å². The Bertz CT molecular complexity index is 648. The molecule has 6 nitrogen and oxygen atoms in total. The van der Waals surface area contributed by atoms with Gasteiger partial charge in [-0.05, 0) is 25.0 Å². The second kappa shape index (κ2) is 6.60. The molecule has 3 rings (SSSR count). The van der Waals surface area contributed by atoms with Crippen molar-refractivity contribution in [3.8, 4) is 17.2 Å². The third-order valence-electron chi connectivity index (χ3n) is 3.82. The number of methoxy groups -OCH3 is 1. The molecule has 0 unspecified atom stereocenters. The fourth-order valence-electron chi connectivity index (χ4n) is 2.62. The van der Waals surface area contributed by atoms with Crippen molar-refractivity contribution in [1.82, 2.24) is 15.1 Å². The minimum atomic E-state index is 0.162. The molecule has 116 valence electrons. The lowest BCUT2D eigenvalue weighted by Gasteiger charge is -2.13. The summed E-state index contributed by atoms with van der Waals surface area (Å²) < 4.78 is 10.9. The van der Waals surface area contributed by atoms with Gasteiger partial charge in [-0.3, -0.25) is 4.79 Å². The van der Waals surface area contributed by atoms with Gasteiger partial charge >= 0.3 is 0 Å². The van der Waals surface area contributed by atoms with E-state index < -0.39 is 0 Å². The highest BCUT2D eigenvalue weighted by molar-refractivity contribution is 5.76. The molecule has 0 radical (unpaired) electrons. The fourth-order valence-corrected chi connectivity index (χ4v) is 2.62. The van der Waals surface area contributed by atoms with Crippen LogP contribution in [0.25, 0.3) is 11.5 Å². The van der Waals surface area contributed by atoms with Crippen molar-refractivity contribution in [2.45, 2.75) is 25.7 Å². The maximum absolute atomic E-state index is 12.0. The van der Waals surface area contributed by atoms with Gasteiger partial charge in [0.1, 0.15) is 5.75 Å². The van der Waals surface area contributed by atoms with Crippen LogP contribution < -0.4 is 4.74 Å². The number of carbonyl (C=O) groups is 1. The maximum atomic E-state index is 12.0. The molecule has 0 N–H and O–H groups in total. The zero-order chi connectivity index (χ0) is 15.4. The highest BCUT2D eigenvalue weighted by Crippen LogP contribution is 2.28. The summed E-state index contributed by atoms with van der Waals surface area (Å²) in [6, 6.07) is 7.48. The predicted molar refractivity (Wildman–Crippen MR) is 80.4 cm³/mol. The van der Waals surface area contributed by atoms with Gasteiger partial charge in [0.25, 0.3) is 5.89 Å².